The number of piperazine rings is 1. The molecule has 0 unspecified atom stereocenters. The molecule has 4 rings (SSSR count). The molecule has 0 N–H and O–H groups in total. The molecule has 0 aliphatic carbocycles. The van der Waals surface area contributed by atoms with Crippen LogP contribution in [-0.2, 0) is 0 Å². The van der Waals surface area contributed by atoms with Gasteiger partial charge in [-0.25, -0.2) is 9.97 Å². The Bertz CT molecular complexity index is 907. The summed E-state index contributed by atoms with van der Waals surface area (Å²) in [5, 5.41) is 3.29. The molecule has 1 amide bonds. The highest BCUT2D eigenvalue weighted by molar-refractivity contribution is 7.13. The largest absolute Gasteiger partial charge is 0.353 e. The molecule has 3 heterocycles. The standard InChI is InChI=1S/C19H17ClN4OS/c20-15-5-3-4-14(12-15)18-22-16(13-26-18)19(25)24-10-8-23(9-11-24)17-6-1-2-7-21-17/h1-7,12-13H,8-11H2. The van der Waals surface area contributed by atoms with Crippen molar-refractivity contribution in [3.05, 3.63) is 64.8 Å². The Morgan fingerprint density at radius 3 is 2.65 bits per heavy atom. The molecule has 1 aliphatic heterocycles. The number of anilines is 1. The summed E-state index contributed by atoms with van der Waals surface area (Å²) in [6, 6.07) is 13.4. The number of aromatic nitrogens is 2. The van der Waals surface area contributed by atoms with Crippen molar-refractivity contribution in [1.29, 1.82) is 0 Å². The zero-order valence-electron chi connectivity index (χ0n) is 14.0. The molecule has 132 valence electrons. The Labute approximate surface area is 160 Å². The van der Waals surface area contributed by atoms with Gasteiger partial charge >= 0.3 is 0 Å². The van der Waals surface area contributed by atoms with Crippen LogP contribution >= 0.6 is 22.9 Å². The molecule has 1 aromatic carbocycles. The predicted molar refractivity (Wildman–Crippen MR) is 105 cm³/mol. The van der Waals surface area contributed by atoms with Gasteiger partial charge in [0.15, 0.2) is 0 Å². The van der Waals surface area contributed by atoms with Gasteiger partial charge in [-0.15, -0.1) is 11.3 Å². The van der Waals surface area contributed by atoms with Crippen LogP contribution in [0.15, 0.2) is 54.0 Å². The van der Waals surface area contributed by atoms with E-state index in [2.05, 4.69) is 14.9 Å². The third-order valence-electron chi connectivity index (χ3n) is 4.34. The van der Waals surface area contributed by atoms with E-state index in [1.54, 1.807) is 6.20 Å². The summed E-state index contributed by atoms with van der Waals surface area (Å²) in [7, 11) is 0. The van der Waals surface area contributed by atoms with E-state index in [1.807, 2.05) is 52.7 Å². The quantitative estimate of drug-likeness (QED) is 0.688. The van der Waals surface area contributed by atoms with E-state index in [-0.39, 0.29) is 5.91 Å². The number of carbonyl (C=O) groups is 1. The van der Waals surface area contributed by atoms with Gasteiger partial charge in [-0.3, -0.25) is 4.79 Å². The van der Waals surface area contributed by atoms with Crippen LogP contribution in [0.3, 0.4) is 0 Å². The molecule has 0 radical (unpaired) electrons. The maximum absolute atomic E-state index is 12.8. The van der Waals surface area contributed by atoms with Crippen LogP contribution in [0.4, 0.5) is 5.82 Å². The highest BCUT2D eigenvalue weighted by Gasteiger charge is 2.24. The first-order valence-corrected chi connectivity index (χ1v) is 9.63. The minimum absolute atomic E-state index is 0.0183. The fourth-order valence-corrected chi connectivity index (χ4v) is 3.95. The fraction of sp³-hybridized carbons (Fsp3) is 0.211. The van der Waals surface area contributed by atoms with Crippen LogP contribution in [0.5, 0.6) is 0 Å². The molecule has 1 saturated heterocycles. The van der Waals surface area contributed by atoms with Crippen LogP contribution in [0.2, 0.25) is 5.02 Å². The molecule has 1 aliphatic rings. The monoisotopic (exact) mass is 384 g/mol. The Hall–Kier alpha value is -2.44. The number of carbonyl (C=O) groups excluding carboxylic acids is 1. The number of rotatable bonds is 3. The highest BCUT2D eigenvalue weighted by Crippen LogP contribution is 2.26. The van der Waals surface area contributed by atoms with Gasteiger partial charge in [0.25, 0.3) is 5.91 Å². The molecule has 1 fully saturated rings. The van der Waals surface area contributed by atoms with E-state index in [0.29, 0.717) is 23.8 Å². The molecule has 0 spiro atoms. The van der Waals surface area contributed by atoms with Gasteiger partial charge < -0.3 is 9.80 Å². The van der Waals surface area contributed by atoms with E-state index in [0.717, 1.165) is 29.5 Å². The second kappa shape index (κ2) is 7.43. The number of pyridine rings is 1. The van der Waals surface area contributed by atoms with Crippen LogP contribution in [0, 0.1) is 0 Å². The summed E-state index contributed by atoms with van der Waals surface area (Å²) in [4.78, 5) is 25.7. The van der Waals surface area contributed by atoms with Crippen molar-refractivity contribution in [3.8, 4) is 10.6 Å². The molecule has 0 bridgehead atoms. The third-order valence-corrected chi connectivity index (χ3v) is 5.46. The number of thiazole rings is 1. The maximum Gasteiger partial charge on any atom is 0.273 e. The van der Waals surface area contributed by atoms with Crippen LogP contribution in [0.1, 0.15) is 10.5 Å². The zero-order valence-corrected chi connectivity index (χ0v) is 15.6. The maximum atomic E-state index is 12.8. The summed E-state index contributed by atoms with van der Waals surface area (Å²) >= 11 is 7.51. The highest BCUT2D eigenvalue weighted by atomic mass is 35.5. The summed E-state index contributed by atoms with van der Waals surface area (Å²) in [5.74, 6) is 0.937. The number of benzene rings is 1. The lowest BCUT2D eigenvalue weighted by Gasteiger charge is -2.35. The molecule has 0 atom stereocenters. The van der Waals surface area contributed by atoms with E-state index in [9.17, 15) is 4.79 Å². The molecule has 2 aromatic heterocycles. The van der Waals surface area contributed by atoms with Crippen molar-refractivity contribution < 1.29 is 4.79 Å². The van der Waals surface area contributed by atoms with Crippen LogP contribution < -0.4 is 4.90 Å². The summed E-state index contributed by atoms with van der Waals surface area (Å²) in [6.07, 6.45) is 1.79. The topological polar surface area (TPSA) is 49.3 Å². The van der Waals surface area contributed by atoms with Gasteiger partial charge in [0, 0.05) is 48.3 Å². The van der Waals surface area contributed by atoms with Gasteiger partial charge in [-0.2, -0.15) is 0 Å². The molecule has 7 heteroatoms. The van der Waals surface area contributed by atoms with Gasteiger partial charge in [0.1, 0.15) is 16.5 Å². The first kappa shape index (κ1) is 17.0. The Balaban J connectivity index is 1.43. The molecular formula is C19H17ClN4OS. The number of amides is 1. The Kier molecular flexibility index (Phi) is 4.86. The first-order chi connectivity index (χ1) is 12.7. The minimum atomic E-state index is -0.0183. The van der Waals surface area contributed by atoms with Crippen molar-refractivity contribution in [2.45, 2.75) is 0 Å². The van der Waals surface area contributed by atoms with Crippen molar-refractivity contribution >= 4 is 34.7 Å². The lowest BCUT2D eigenvalue weighted by atomic mass is 10.2. The van der Waals surface area contributed by atoms with Gasteiger partial charge in [-0.05, 0) is 24.3 Å². The number of hydrogen-bond acceptors (Lipinski definition) is 5. The lowest BCUT2D eigenvalue weighted by molar-refractivity contribution is 0.0741. The second-order valence-electron chi connectivity index (χ2n) is 6.02. The average molecular weight is 385 g/mol. The van der Waals surface area contributed by atoms with Gasteiger partial charge in [-0.1, -0.05) is 29.8 Å². The normalized spacial score (nSPS) is 14.5. The van der Waals surface area contributed by atoms with E-state index in [1.165, 1.54) is 11.3 Å². The number of nitrogens with zero attached hydrogens (tertiary/aromatic N) is 4. The van der Waals surface area contributed by atoms with Gasteiger partial charge in [0.2, 0.25) is 0 Å². The zero-order chi connectivity index (χ0) is 17.9. The molecule has 26 heavy (non-hydrogen) atoms. The predicted octanol–water partition coefficient (Wildman–Crippen LogP) is 3.82. The second-order valence-corrected chi connectivity index (χ2v) is 7.31. The number of halogens is 1. The smallest absolute Gasteiger partial charge is 0.273 e. The first-order valence-electron chi connectivity index (χ1n) is 8.37. The third kappa shape index (κ3) is 3.57. The van der Waals surface area contributed by atoms with Gasteiger partial charge in [0.05, 0.1) is 0 Å². The molecular weight excluding hydrogens is 368 g/mol. The average Bonchev–Trinajstić information content (AvgIpc) is 3.18. The summed E-state index contributed by atoms with van der Waals surface area (Å²) in [6.45, 7) is 2.88. The molecule has 3 aromatic rings. The van der Waals surface area contributed by atoms with E-state index >= 15 is 0 Å². The minimum Gasteiger partial charge on any atom is -0.353 e. The molecule has 5 nitrogen and oxygen atoms in total. The summed E-state index contributed by atoms with van der Waals surface area (Å²) < 4.78 is 0. The SMILES string of the molecule is O=C(c1csc(-c2cccc(Cl)c2)n1)N1CCN(c2ccccn2)CC1. The van der Waals surface area contributed by atoms with Crippen molar-refractivity contribution in [2.24, 2.45) is 0 Å². The Morgan fingerprint density at radius 1 is 1.08 bits per heavy atom. The summed E-state index contributed by atoms with van der Waals surface area (Å²) in [5.41, 5.74) is 1.43. The Morgan fingerprint density at radius 2 is 1.92 bits per heavy atom. The number of hydrogen-bond donors (Lipinski definition) is 0. The van der Waals surface area contributed by atoms with Crippen LogP contribution in [-0.4, -0.2) is 47.0 Å². The lowest BCUT2D eigenvalue weighted by Crippen LogP contribution is -2.49. The van der Waals surface area contributed by atoms with Crippen molar-refractivity contribution in [3.63, 3.8) is 0 Å². The van der Waals surface area contributed by atoms with Crippen molar-refractivity contribution in [2.75, 3.05) is 31.1 Å². The van der Waals surface area contributed by atoms with Crippen molar-refractivity contribution in [1.82, 2.24) is 14.9 Å². The van der Waals surface area contributed by atoms with Crippen LogP contribution in [0.25, 0.3) is 10.6 Å². The fourth-order valence-electron chi connectivity index (χ4n) is 2.97. The van der Waals surface area contributed by atoms with E-state index < -0.39 is 0 Å². The molecule has 0 saturated carbocycles. The van der Waals surface area contributed by atoms with E-state index in [4.69, 9.17) is 11.6 Å².